The molecule has 160 valence electrons. The van der Waals surface area contributed by atoms with Crippen LogP contribution >= 0.6 is 0 Å². The van der Waals surface area contributed by atoms with Gasteiger partial charge in [-0.25, -0.2) is 8.78 Å². The molecule has 13 heteroatoms. The highest BCUT2D eigenvalue weighted by atomic mass is 19.4. The third kappa shape index (κ3) is 2.34. The number of halogens is 12. The Bertz CT molecular complexity index is 740. The molecular formula is C15H10F12O. The van der Waals surface area contributed by atoms with E-state index < -0.39 is 58.7 Å². The zero-order chi connectivity index (χ0) is 22.2. The fraction of sp³-hybridized carbons (Fsp3) is 0.600. The predicted molar refractivity (Wildman–Crippen MR) is 69.2 cm³/mol. The Hall–Kier alpha value is -1.66. The van der Waals surface area contributed by atoms with Crippen LogP contribution in [0, 0.1) is 5.82 Å². The Kier molecular flexibility index (Phi) is 4.60. The summed E-state index contributed by atoms with van der Waals surface area (Å²) in [5.74, 6) is -37.6. The van der Waals surface area contributed by atoms with Gasteiger partial charge in [0.2, 0.25) is 0 Å². The summed E-state index contributed by atoms with van der Waals surface area (Å²) in [6.45, 7) is 0.196. The molecule has 0 aromatic heterocycles. The molecule has 0 heterocycles. The van der Waals surface area contributed by atoms with Crippen molar-refractivity contribution >= 4 is 0 Å². The van der Waals surface area contributed by atoms with Crippen LogP contribution in [0.15, 0.2) is 24.3 Å². The summed E-state index contributed by atoms with van der Waals surface area (Å²) in [5, 5.41) is 10.00. The van der Waals surface area contributed by atoms with Crippen molar-refractivity contribution in [2.75, 3.05) is 0 Å². The second kappa shape index (κ2) is 5.70. The van der Waals surface area contributed by atoms with Crippen molar-refractivity contribution in [3.05, 3.63) is 35.6 Å². The molecule has 1 nitrogen and oxygen atoms in total. The predicted octanol–water partition coefficient (Wildman–Crippen LogP) is 5.32. The molecule has 1 atom stereocenters. The first-order chi connectivity index (χ1) is 12.2. The lowest BCUT2D eigenvalue weighted by atomic mass is 9.67. The van der Waals surface area contributed by atoms with Crippen LogP contribution in [0.5, 0.6) is 0 Å². The SMILES string of the molecule is CC(O)(CC1(F)C(F)(F)C(F)(F)C(F)(F)C(F)(F)C1(F)F)c1ccccc1F. The third-order valence-electron chi connectivity index (χ3n) is 4.61. The molecule has 2 rings (SSSR count). The molecule has 1 aromatic rings. The Balaban J connectivity index is 2.74. The maximum Gasteiger partial charge on any atom is 0.384 e. The molecular weight excluding hydrogens is 424 g/mol. The molecule has 1 fully saturated rings. The summed E-state index contributed by atoms with van der Waals surface area (Å²) in [6, 6.07) is 2.92. The van der Waals surface area contributed by atoms with Gasteiger partial charge in [0.1, 0.15) is 5.82 Å². The molecule has 1 unspecified atom stereocenters. The summed E-state index contributed by atoms with van der Waals surface area (Å²) in [6.07, 6.45) is -2.96. The van der Waals surface area contributed by atoms with Gasteiger partial charge in [-0.2, -0.15) is 43.9 Å². The van der Waals surface area contributed by atoms with Crippen LogP contribution in [-0.4, -0.2) is 40.4 Å². The second-order valence-electron chi connectivity index (χ2n) is 6.60. The number of alkyl halides is 11. The van der Waals surface area contributed by atoms with Crippen molar-refractivity contribution < 1.29 is 57.8 Å². The number of hydrogen-bond acceptors (Lipinski definition) is 1. The van der Waals surface area contributed by atoms with Gasteiger partial charge in [-0.1, -0.05) is 18.2 Å². The van der Waals surface area contributed by atoms with E-state index in [1.807, 2.05) is 0 Å². The second-order valence-corrected chi connectivity index (χ2v) is 6.60. The van der Waals surface area contributed by atoms with Gasteiger partial charge in [-0.15, -0.1) is 0 Å². The standard InChI is InChI=1S/C15H10F12O/c1-9(28,7-4-2-3-5-8(7)16)6-10(17)11(18,19)13(22,23)15(26,27)14(24,25)12(10,20)21/h2-5,28H,6H2,1H3. The molecule has 0 aliphatic heterocycles. The van der Waals surface area contributed by atoms with Gasteiger partial charge in [0.15, 0.2) is 0 Å². The number of hydrogen-bond donors (Lipinski definition) is 1. The third-order valence-corrected chi connectivity index (χ3v) is 4.61. The molecule has 0 bridgehead atoms. The molecule has 1 saturated carbocycles. The maximum atomic E-state index is 14.7. The largest absolute Gasteiger partial charge is 0.385 e. The summed E-state index contributed by atoms with van der Waals surface area (Å²) >= 11 is 0. The van der Waals surface area contributed by atoms with Crippen LogP contribution in [0.1, 0.15) is 18.9 Å². The maximum absolute atomic E-state index is 14.7. The van der Waals surface area contributed by atoms with Crippen molar-refractivity contribution in [2.45, 2.75) is 54.2 Å². The molecule has 1 aliphatic carbocycles. The number of benzene rings is 1. The minimum Gasteiger partial charge on any atom is -0.385 e. The molecule has 0 saturated heterocycles. The minimum absolute atomic E-state index is 0.196. The molecule has 0 radical (unpaired) electrons. The van der Waals surface area contributed by atoms with E-state index in [2.05, 4.69) is 0 Å². The van der Waals surface area contributed by atoms with Crippen LogP contribution in [0.4, 0.5) is 52.7 Å². The van der Waals surface area contributed by atoms with Gasteiger partial charge in [0.25, 0.3) is 5.67 Å². The van der Waals surface area contributed by atoms with Gasteiger partial charge in [0.05, 0.1) is 5.60 Å². The molecule has 1 N–H and O–H groups in total. The van der Waals surface area contributed by atoms with Crippen molar-refractivity contribution in [3.8, 4) is 0 Å². The van der Waals surface area contributed by atoms with Gasteiger partial charge < -0.3 is 5.11 Å². The van der Waals surface area contributed by atoms with E-state index in [1.165, 1.54) is 0 Å². The molecule has 0 amide bonds. The van der Waals surface area contributed by atoms with Crippen molar-refractivity contribution in [3.63, 3.8) is 0 Å². The summed E-state index contributed by atoms with van der Waals surface area (Å²) in [4.78, 5) is 0. The average Bonchev–Trinajstić information content (AvgIpc) is 2.52. The fourth-order valence-electron chi connectivity index (χ4n) is 2.98. The highest BCUT2D eigenvalue weighted by molar-refractivity contribution is 5.30. The van der Waals surface area contributed by atoms with Crippen molar-refractivity contribution in [1.29, 1.82) is 0 Å². The molecule has 28 heavy (non-hydrogen) atoms. The first-order valence-corrected chi connectivity index (χ1v) is 7.28. The quantitative estimate of drug-likeness (QED) is 0.639. The smallest absolute Gasteiger partial charge is 0.384 e. The highest BCUT2D eigenvalue weighted by Crippen LogP contribution is 2.71. The molecule has 1 aliphatic rings. The summed E-state index contributed by atoms with van der Waals surface area (Å²) < 4.78 is 164. The van der Waals surface area contributed by atoms with Gasteiger partial charge in [-0.3, -0.25) is 0 Å². The van der Waals surface area contributed by atoms with E-state index in [0.717, 1.165) is 12.1 Å². The first kappa shape index (κ1) is 22.6. The lowest BCUT2D eigenvalue weighted by Gasteiger charge is -2.53. The van der Waals surface area contributed by atoms with Crippen LogP contribution in [-0.2, 0) is 5.60 Å². The average molecular weight is 434 g/mol. The number of aliphatic hydroxyl groups is 1. The lowest BCUT2D eigenvalue weighted by molar-refractivity contribution is -0.488. The summed E-state index contributed by atoms with van der Waals surface area (Å²) in [5.41, 5.74) is -11.1. The van der Waals surface area contributed by atoms with Gasteiger partial charge in [-0.05, 0) is 13.0 Å². The summed E-state index contributed by atoms with van der Waals surface area (Å²) in [7, 11) is 0. The van der Waals surface area contributed by atoms with E-state index in [-0.39, 0.29) is 6.92 Å². The Morgan fingerprint density at radius 3 is 1.46 bits per heavy atom. The Morgan fingerprint density at radius 2 is 1.07 bits per heavy atom. The zero-order valence-corrected chi connectivity index (χ0v) is 13.5. The topological polar surface area (TPSA) is 20.2 Å². The van der Waals surface area contributed by atoms with E-state index in [4.69, 9.17) is 0 Å². The van der Waals surface area contributed by atoms with Crippen LogP contribution < -0.4 is 0 Å². The number of rotatable bonds is 3. The minimum atomic E-state index is -7.34. The van der Waals surface area contributed by atoms with Crippen molar-refractivity contribution in [2.24, 2.45) is 0 Å². The zero-order valence-electron chi connectivity index (χ0n) is 13.5. The Morgan fingerprint density at radius 1 is 0.714 bits per heavy atom. The lowest BCUT2D eigenvalue weighted by Crippen LogP contribution is -2.84. The van der Waals surface area contributed by atoms with Gasteiger partial charge in [0, 0.05) is 12.0 Å². The van der Waals surface area contributed by atoms with E-state index in [0.29, 0.717) is 12.1 Å². The Labute approximate surface area is 148 Å². The van der Waals surface area contributed by atoms with E-state index in [1.54, 1.807) is 0 Å². The normalized spacial score (nSPS) is 28.4. The van der Waals surface area contributed by atoms with Crippen LogP contribution in [0.3, 0.4) is 0 Å². The first-order valence-electron chi connectivity index (χ1n) is 7.28. The van der Waals surface area contributed by atoms with E-state index in [9.17, 15) is 57.8 Å². The highest BCUT2D eigenvalue weighted by Gasteiger charge is 3.01. The van der Waals surface area contributed by atoms with E-state index >= 15 is 0 Å². The fourth-order valence-corrected chi connectivity index (χ4v) is 2.98. The van der Waals surface area contributed by atoms with Crippen LogP contribution in [0.2, 0.25) is 0 Å². The molecule has 0 spiro atoms. The molecule has 1 aromatic carbocycles. The van der Waals surface area contributed by atoms with Crippen molar-refractivity contribution in [1.82, 2.24) is 0 Å². The van der Waals surface area contributed by atoms with Crippen LogP contribution in [0.25, 0.3) is 0 Å². The monoisotopic (exact) mass is 434 g/mol. The van der Waals surface area contributed by atoms with Gasteiger partial charge >= 0.3 is 29.6 Å².